The molecule has 1 aliphatic heterocycles. The number of pyridine rings is 1. The van der Waals surface area contributed by atoms with Gasteiger partial charge in [0.15, 0.2) is 0 Å². The molecule has 2 heterocycles. The van der Waals surface area contributed by atoms with Gasteiger partial charge in [0.2, 0.25) is 5.91 Å². The Morgan fingerprint density at radius 1 is 1.47 bits per heavy atom. The molecule has 1 aromatic heterocycles. The van der Waals surface area contributed by atoms with Gasteiger partial charge in [0, 0.05) is 32.5 Å². The number of piperazine rings is 1. The molecule has 2 amide bonds. The molecular weight excluding hydrogens is 266 g/mol. The summed E-state index contributed by atoms with van der Waals surface area (Å²) in [6, 6.07) is 1.18. The van der Waals surface area contributed by atoms with Gasteiger partial charge in [0.1, 0.15) is 6.04 Å². The maximum atomic E-state index is 12.4. The monoisotopic (exact) mass is 281 g/mol. The molecule has 0 spiro atoms. The maximum Gasteiger partial charge on any atom is 0.256 e. The largest absolute Gasteiger partial charge is 0.342 e. The molecule has 1 aromatic rings. The van der Waals surface area contributed by atoms with Gasteiger partial charge in [-0.15, -0.1) is 0 Å². The highest BCUT2D eigenvalue weighted by Gasteiger charge is 2.35. The minimum Gasteiger partial charge on any atom is -0.342 e. The van der Waals surface area contributed by atoms with Crippen molar-refractivity contribution in [1.29, 1.82) is 0 Å². The fourth-order valence-corrected chi connectivity index (χ4v) is 2.42. The van der Waals surface area contributed by atoms with Crippen molar-refractivity contribution < 1.29 is 9.59 Å². The number of carbonyl (C=O) groups is 2. The van der Waals surface area contributed by atoms with Gasteiger partial charge in [0.05, 0.1) is 10.6 Å². The molecule has 0 aliphatic carbocycles. The first-order valence-electron chi connectivity index (χ1n) is 6.21. The van der Waals surface area contributed by atoms with Gasteiger partial charge >= 0.3 is 0 Å². The van der Waals surface area contributed by atoms with Gasteiger partial charge in [-0.3, -0.25) is 14.6 Å². The molecule has 19 heavy (non-hydrogen) atoms. The van der Waals surface area contributed by atoms with Crippen molar-refractivity contribution in [3.05, 3.63) is 29.0 Å². The van der Waals surface area contributed by atoms with Crippen LogP contribution in [0, 0.1) is 0 Å². The smallest absolute Gasteiger partial charge is 0.256 e. The summed E-state index contributed by atoms with van der Waals surface area (Å²) in [7, 11) is 1.76. The van der Waals surface area contributed by atoms with E-state index in [-0.39, 0.29) is 11.8 Å². The second-order valence-corrected chi connectivity index (χ2v) is 5.01. The molecule has 0 N–H and O–H groups in total. The Morgan fingerprint density at radius 2 is 2.21 bits per heavy atom. The zero-order valence-corrected chi connectivity index (χ0v) is 11.7. The van der Waals surface area contributed by atoms with E-state index in [1.54, 1.807) is 22.9 Å². The number of aromatic nitrogens is 1. The van der Waals surface area contributed by atoms with Crippen molar-refractivity contribution in [2.24, 2.45) is 0 Å². The van der Waals surface area contributed by atoms with Gasteiger partial charge in [-0.1, -0.05) is 18.5 Å². The SMILES string of the molecule is CCC1C(=O)N(C)CCN1C(=O)c1cncc(Cl)c1. The number of carbonyl (C=O) groups excluding carboxylic acids is 2. The summed E-state index contributed by atoms with van der Waals surface area (Å²) in [5.41, 5.74) is 0.420. The number of halogens is 1. The van der Waals surface area contributed by atoms with Crippen LogP contribution < -0.4 is 0 Å². The quantitative estimate of drug-likeness (QED) is 0.824. The molecule has 1 unspecified atom stereocenters. The van der Waals surface area contributed by atoms with E-state index in [1.165, 1.54) is 12.4 Å². The lowest BCUT2D eigenvalue weighted by molar-refractivity contribution is -0.138. The van der Waals surface area contributed by atoms with Crippen LogP contribution in [0.3, 0.4) is 0 Å². The van der Waals surface area contributed by atoms with Crippen molar-refractivity contribution >= 4 is 23.4 Å². The first kappa shape index (κ1) is 13.8. The highest BCUT2D eigenvalue weighted by molar-refractivity contribution is 6.30. The molecule has 1 fully saturated rings. The first-order chi connectivity index (χ1) is 9.04. The molecule has 0 aromatic carbocycles. The average Bonchev–Trinajstić information content (AvgIpc) is 2.41. The molecule has 6 heteroatoms. The Bertz CT molecular complexity index is 506. The number of hydrogen-bond acceptors (Lipinski definition) is 3. The Labute approximate surface area is 117 Å². The van der Waals surface area contributed by atoms with E-state index in [0.717, 1.165) is 0 Å². The predicted molar refractivity (Wildman–Crippen MR) is 72.0 cm³/mol. The van der Waals surface area contributed by atoms with Gasteiger partial charge in [-0.2, -0.15) is 0 Å². The summed E-state index contributed by atoms with van der Waals surface area (Å²) in [5.74, 6) is -0.208. The molecule has 102 valence electrons. The number of likely N-dealkylation sites (N-methyl/N-ethyl adjacent to an activating group) is 1. The molecule has 2 rings (SSSR count). The van der Waals surface area contributed by atoms with Crippen LogP contribution in [0.5, 0.6) is 0 Å². The molecule has 1 atom stereocenters. The van der Waals surface area contributed by atoms with Crippen LogP contribution in [-0.2, 0) is 4.79 Å². The molecule has 0 radical (unpaired) electrons. The van der Waals surface area contributed by atoms with E-state index in [0.29, 0.717) is 30.1 Å². The van der Waals surface area contributed by atoms with Crippen molar-refractivity contribution in [3.8, 4) is 0 Å². The van der Waals surface area contributed by atoms with Crippen LogP contribution in [0.2, 0.25) is 5.02 Å². The van der Waals surface area contributed by atoms with Gasteiger partial charge in [-0.05, 0) is 12.5 Å². The molecule has 0 saturated carbocycles. The standard InChI is InChI=1S/C13H16ClN3O2/c1-3-11-13(19)16(2)4-5-17(11)12(18)9-6-10(14)8-15-7-9/h6-8,11H,3-5H2,1-2H3. The fraction of sp³-hybridized carbons (Fsp3) is 0.462. The predicted octanol–water partition coefficient (Wildman–Crippen LogP) is 1.43. The fourth-order valence-electron chi connectivity index (χ4n) is 2.24. The van der Waals surface area contributed by atoms with Gasteiger partial charge in [0.25, 0.3) is 5.91 Å². The minimum atomic E-state index is -0.398. The summed E-state index contributed by atoms with van der Waals surface area (Å²) in [6.07, 6.45) is 3.55. The molecule has 5 nitrogen and oxygen atoms in total. The summed E-state index contributed by atoms with van der Waals surface area (Å²) < 4.78 is 0. The molecule has 1 aliphatic rings. The Kier molecular flexibility index (Phi) is 4.04. The third-order valence-electron chi connectivity index (χ3n) is 3.31. The van der Waals surface area contributed by atoms with Gasteiger partial charge < -0.3 is 9.80 Å². The van der Waals surface area contributed by atoms with Crippen LogP contribution in [0.1, 0.15) is 23.7 Å². The van der Waals surface area contributed by atoms with E-state index in [1.807, 2.05) is 6.92 Å². The third kappa shape index (κ3) is 2.71. The Morgan fingerprint density at radius 3 is 2.84 bits per heavy atom. The highest BCUT2D eigenvalue weighted by Crippen LogP contribution is 2.18. The molecule has 1 saturated heterocycles. The van der Waals surface area contributed by atoms with Crippen molar-refractivity contribution in [2.45, 2.75) is 19.4 Å². The van der Waals surface area contributed by atoms with E-state index in [4.69, 9.17) is 11.6 Å². The van der Waals surface area contributed by atoms with E-state index < -0.39 is 6.04 Å². The molecular formula is C13H16ClN3O2. The summed E-state index contributed by atoms with van der Waals surface area (Å²) in [5, 5.41) is 0.416. The number of amides is 2. The summed E-state index contributed by atoms with van der Waals surface area (Å²) >= 11 is 5.84. The Hall–Kier alpha value is -1.62. The Balaban J connectivity index is 2.25. The van der Waals surface area contributed by atoms with Crippen LogP contribution in [0.25, 0.3) is 0 Å². The van der Waals surface area contributed by atoms with E-state index >= 15 is 0 Å². The number of hydrogen-bond donors (Lipinski definition) is 0. The van der Waals surface area contributed by atoms with E-state index in [2.05, 4.69) is 4.98 Å². The van der Waals surface area contributed by atoms with Crippen LogP contribution in [0.4, 0.5) is 0 Å². The zero-order chi connectivity index (χ0) is 14.0. The third-order valence-corrected chi connectivity index (χ3v) is 3.52. The van der Waals surface area contributed by atoms with Crippen molar-refractivity contribution in [1.82, 2.24) is 14.8 Å². The summed E-state index contributed by atoms with van der Waals surface area (Å²) in [4.78, 5) is 31.7. The number of nitrogens with zero attached hydrogens (tertiary/aromatic N) is 3. The van der Waals surface area contributed by atoms with Crippen LogP contribution in [0.15, 0.2) is 18.5 Å². The molecule has 0 bridgehead atoms. The lowest BCUT2D eigenvalue weighted by Gasteiger charge is -2.38. The first-order valence-corrected chi connectivity index (χ1v) is 6.59. The second kappa shape index (κ2) is 5.57. The van der Waals surface area contributed by atoms with Crippen LogP contribution in [-0.4, -0.2) is 52.8 Å². The maximum absolute atomic E-state index is 12.4. The normalized spacial score (nSPS) is 19.7. The van der Waals surface area contributed by atoms with Gasteiger partial charge in [-0.25, -0.2) is 0 Å². The average molecular weight is 282 g/mol. The number of rotatable bonds is 2. The van der Waals surface area contributed by atoms with Crippen LogP contribution >= 0.6 is 11.6 Å². The van der Waals surface area contributed by atoms with Crippen molar-refractivity contribution in [2.75, 3.05) is 20.1 Å². The highest BCUT2D eigenvalue weighted by atomic mass is 35.5. The van der Waals surface area contributed by atoms with E-state index in [9.17, 15) is 9.59 Å². The zero-order valence-electron chi connectivity index (χ0n) is 11.0. The minimum absolute atomic E-state index is 0.0166. The topological polar surface area (TPSA) is 53.5 Å². The van der Waals surface area contributed by atoms with Crippen molar-refractivity contribution in [3.63, 3.8) is 0 Å². The second-order valence-electron chi connectivity index (χ2n) is 4.57. The lowest BCUT2D eigenvalue weighted by Crippen LogP contribution is -2.57. The lowest BCUT2D eigenvalue weighted by atomic mass is 10.1. The summed E-state index contributed by atoms with van der Waals surface area (Å²) in [6.45, 7) is 2.99.